The first-order valence-electron chi connectivity index (χ1n) is 9.20. The fourth-order valence-electron chi connectivity index (χ4n) is 2.79. The van der Waals surface area contributed by atoms with Crippen molar-refractivity contribution in [1.82, 2.24) is 5.32 Å². The standard InChI is InChI=1S/C22H26FNO4/c1-16(25)12-19(15-27-2)22(26)24-14-18-6-8-21(9-7-18)28-11-10-17-4-3-5-20(23)13-17/h3-9,13,19H,10-12,14-15H2,1-2H3,(H,24,26)/t19-/m1/s1. The third kappa shape index (κ3) is 7.48. The largest absolute Gasteiger partial charge is 0.493 e. The second-order valence-electron chi connectivity index (χ2n) is 6.65. The van der Waals surface area contributed by atoms with Crippen LogP contribution >= 0.6 is 0 Å². The van der Waals surface area contributed by atoms with Crippen LogP contribution in [0.25, 0.3) is 0 Å². The van der Waals surface area contributed by atoms with Gasteiger partial charge in [-0.25, -0.2) is 4.39 Å². The lowest BCUT2D eigenvalue weighted by molar-refractivity contribution is -0.130. The molecule has 0 bridgehead atoms. The smallest absolute Gasteiger partial charge is 0.226 e. The van der Waals surface area contributed by atoms with Gasteiger partial charge in [0.15, 0.2) is 0 Å². The second-order valence-corrected chi connectivity index (χ2v) is 6.65. The van der Waals surface area contributed by atoms with E-state index in [2.05, 4.69) is 5.32 Å². The molecule has 0 saturated carbocycles. The highest BCUT2D eigenvalue weighted by atomic mass is 19.1. The van der Waals surface area contributed by atoms with Crippen LogP contribution in [0.4, 0.5) is 4.39 Å². The molecule has 1 atom stereocenters. The van der Waals surface area contributed by atoms with Crippen molar-refractivity contribution in [1.29, 1.82) is 0 Å². The molecule has 0 heterocycles. The molecule has 5 nitrogen and oxygen atoms in total. The Kier molecular flexibility index (Phi) is 8.62. The molecule has 0 aliphatic carbocycles. The van der Waals surface area contributed by atoms with E-state index in [4.69, 9.17) is 9.47 Å². The first-order chi connectivity index (χ1) is 13.5. The van der Waals surface area contributed by atoms with E-state index >= 15 is 0 Å². The molecule has 2 aromatic rings. The summed E-state index contributed by atoms with van der Waals surface area (Å²) in [4.78, 5) is 23.5. The van der Waals surface area contributed by atoms with Gasteiger partial charge in [-0.05, 0) is 42.3 Å². The normalized spacial score (nSPS) is 11.7. The third-order valence-corrected chi connectivity index (χ3v) is 4.21. The minimum absolute atomic E-state index is 0.0445. The van der Waals surface area contributed by atoms with Crippen molar-refractivity contribution in [3.05, 3.63) is 65.5 Å². The maximum absolute atomic E-state index is 13.2. The highest BCUT2D eigenvalue weighted by Gasteiger charge is 2.19. The fourth-order valence-corrected chi connectivity index (χ4v) is 2.79. The van der Waals surface area contributed by atoms with Crippen molar-refractivity contribution < 1.29 is 23.5 Å². The number of carbonyl (C=O) groups excluding carboxylic acids is 2. The zero-order valence-electron chi connectivity index (χ0n) is 16.2. The van der Waals surface area contributed by atoms with Crippen LogP contribution < -0.4 is 10.1 Å². The highest BCUT2D eigenvalue weighted by molar-refractivity contribution is 5.85. The SMILES string of the molecule is COC[C@@H](CC(C)=O)C(=O)NCc1ccc(OCCc2cccc(F)c2)cc1. The van der Waals surface area contributed by atoms with Crippen molar-refractivity contribution in [2.45, 2.75) is 26.3 Å². The number of rotatable bonds is 11. The number of halogens is 1. The van der Waals surface area contributed by atoms with Crippen LogP contribution in [0.3, 0.4) is 0 Å². The topological polar surface area (TPSA) is 64.6 Å². The van der Waals surface area contributed by atoms with Crippen LogP contribution in [0.1, 0.15) is 24.5 Å². The molecule has 0 fully saturated rings. The van der Waals surface area contributed by atoms with E-state index in [0.717, 1.165) is 11.1 Å². The number of amides is 1. The highest BCUT2D eigenvalue weighted by Crippen LogP contribution is 2.14. The lowest BCUT2D eigenvalue weighted by atomic mass is 10.0. The molecule has 1 N–H and O–H groups in total. The lowest BCUT2D eigenvalue weighted by Crippen LogP contribution is -2.33. The zero-order valence-corrected chi connectivity index (χ0v) is 16.2. The summed E-state index contributed by atoms with van der Waals surface area (Å²) >= 11 is 0. The van der Waals surface area contributed by atoms with Crippen LogP contribution in [-0.2, 0) is 27.3 Å². The molecule has 0 radical (unpaired) electrons. The molecule has 0 saturated heterocycles. The van der Waals surface area contributed by atoms with Gasteiger partial charge >= 0.3 is 0 Å². The Morgan fingerprint density at radius 2 is 1.86 bits per heavy atom. The predicted octanol–water partition coefficient (Wildman–Crippen LogP) is 3.31. The summed E-state index contributed by atoms with van der Waals surface area (Å²) in [5.74, 6) is -0.266. The number of nitrogens with one attached hydrogen (secondary N) is 1. The fraction of sp³-hybridized carbons (Fsp3) is 0.364. The van der Waals surface area contributed by atoms with Crippen molar-refractivity contribution in [2.24, 2.45) is 5.92 Å². The zero-order chi connectivity index (χ0) is 20.4. The van der Waals surface area contributed by atoms with Crippen LogP contribution in [0.5, 0.6) is 5.75 Å². The third-order valence-electron chi connectivity index (χ3n) is 4.21. The first-order valence-corrected chi connectivity index (χ1v) is 9.20. The van der Waals surface area contributed by atoms with Crippen LogP contribution in [0.2, 0.25) is 0 Å². The van der Waals surface area contributed by atoms with Crippen molar-refractivity contribution in [2.75, 3.05) is 20.3 Å². The molecule has 6 heteroatoms. The Hall–Kier alpha value is -2.73. The number of Topliss-reactive ketones (excluding diaryl/α,β-unsaturated/α-hetero) is 1. The van der Waals surface area contributed by atoms with Gasteiger partial charge in [0, 0.05) is 26.5 Å². The number of ketones is 1. The average Bonchev–Trinajstić information content (AvgIpc) is 2.66. The molecule has 150 valence electrons. The average molecular weight is 387 g/mol. The minimum atomic E-state index is -0.479. The lowest BCUT2D eigenvalue weighted by Gasteiger charge is -2.15. The molecular formula is C22H26FNO4. The van der Waals surface area contributed by atoms with Crippen molar-refractivity contribution in [3.8, 4) is 5.75 Å². The summed E-state index contributed by atoms with van der Waals surface area (Å²) in [6.45, 7) is 2.48. The van der Waals surface area contributed by atoms with E-state index in [1.807, 2.05) is 30.3 Å². The Labute approximate surface area is 164 Å². The van der Waals surface area contributed by atoms with Crippen LogP contribution in [0.15, 0.2) is 48.5 Å². The van der Waals surface area contributed by atoms with E-state index in [-0.39, 0.29) is 30.5 Å². The number of carbonyl (C=O) groups is 2. The minimum Gasteiger partial charge on any atom is -0.493 e. The molecule has 0 aliphatic heterocycles. The molecule has 0 spiro atoms. The number of ether oxygens (including phenoxy) is 2. The summed E-state index contributed by atoms with van der Waals surface area (Å²) in [6, 6.07) is 13.9. The van der Waals surface area contributed by atoms with Gasteiger partial charge in [-0.15, -0.1) is 0 Å². The molecule has 2 aromatic carbocycles. The summed E-state index contributed by atoms with van der Waals surface area (Å²) in [6.07, 6.45) is 0.782. The number of hydrogen-bond donors (Lipinski definition) is 1. The molecule has 2 rings (SSSR count). The van der Waals surface area contributed by atoms with E-state index in [1.54, 1.807) is 6.07 Å². The van der Waals surface area contributed by atoms with Crippen LogP contribution in [0, 0.1) is 11.7 Å². The van der Waals surface area contributed by atoms with Crippen molar-refractivity contribution in [3.63, 3.8) is 0 Å². The number of benzene rings is 2. The molecule has 0 unspecified atom stereocenters. The van der Waals surface area contributed by atoms with E-state index < -0.39 is 5.92 Å². The first kappa shape index (κ1) is 21.6. The maximum atomic E-state index is 13.2. The predicted molar refractivity (Wildman–Crippen MR) is 105 cm³/mol. The molecular weight excluding hydrogens is 361 g/mol. The molecule has 1 amide bonds. The maximum Gasteiger partial charge on any atom is 0.226 e. The quantitative estimate of drug-likeness (QED) is 0.643. The Balaban J connectivity index is 1.78. The number of hydrogen-bond acceptors (Lipinski definition) is 4. The monoisotopic (exact) mass is 387 g/mol. The van der Waals surface area contributed by atoms with Gasteiger partial charge in [0.1, 0.15) is 17.3 Å². The molecule has 0 aromatic heterocycles. The molecule has 28 heavy (non-hydrogen) atoms. The van der Waals surface area contributed by atoms with Gasteiger partial charge in [-0.1, -0.05) is 24.3 Å². The Bertz CT molecular complexity index is 776. The summed E-state index contributed by atoms with van der Waals surface area (Å²) < 4.78 is 23.9. The Morgan fingerprint density at radius 3 is 2.50 bits per heavy atom. The van der Waals surface area contributed by atoms with Gasteiger partial charge in [-0.3, -0.25) is 4.79 Å². The van der Waals surface area contributed by atoms with Gasteiger partial charge in [-0.2, -0.15) is 0 Å². The van der Waals surface area contributed by atoms with Gasteiger partial charge in [0.05, 0.1) is 19.1 Å². The summed E-state index contributed by atoms with van der Waals surface area (Å²) in [7, 11) is 1.51. The van der Waals surface area contributed by atoms with Crippen molar-refractivity contribution >= 4 is 11.7 Å². The Morgan fingerprint density at radius 1 is 1.11 bits per heavy atom. The van der Waals surface area contributed by atoms with Gasteiger partial charge in [0.25, 0.3) is 0 Å². The van der Waals surface area contributed by atoms with E-state index in [1.165, 1.54) is 26.2 Å². The van der Waals surface area contributed by atoms with Gasteiger partial charge in [0.2, 0.25) is 5.91 Å². The summed E-state index contributed by atoms with van der Waals surface area (Å²) in [5, 5.41) is 2.83. The van der Waals surface area contributed by atoms with Crippen LogP contribution in [-0.4, -0.2) is 32.0 Å². The molecule has 0 aliphatic rings. The second kappa shape index (κ2) is 11.2. The summed E-state index contributed by atoms with van der Waals surface area (Å²) in [5.41, 5.74) is 1.81. The number of methoxy groups -OCH3 is 1. The van der Waals surface area contributed by atoms with E-state index in [9.17, 15) is 14.0 Å². The van der Waals surface area contributed by atoms with Gasteiger partial charge < -0.3 is 19.6 Å². The van der Waals surface area contributed by atoms with E-state index in [0.29, 0.717) is 25.3 Å².